The maximum atomic E-state index is 6.03. The van der Waals surface area contributed by atoms with Gasteiger partial charge < -0.3 is 9.72 Å². The van der Waals surface area contributed by atoms with Crippen molar-refractivity contribution in [1.29, 1.82) is 0 Å². The molecule has 4 heteroatoms. The average Bonchev–Trinajstić information content (AvgIpc) is 3.01. The SMILES string of the molecule is CC(NCc1cn2cc(Cl)ccc2n1)c1ccc2c(c1)CCCC2. The van der Waals surface area contributed by atoms with Crippen LogP contribution < -0.4 is 5.32 Å². The number of hydrogen-bond donors (Lipinski definition) is 1. The van der Waals surface area contributed by atoms with E-state index in [0.29, 0.717) is 6.04 Å². The lowest BCUT2D eigenvalue weighted by Gasteiger charge is -2.19. The van der Waals surface area contributed by atoms with Crippen molar-refractivity contribution in [2.75, 3.05) is 0 Å². The topological polar surface area (TPSA) is 29.3 Å². The molecule has 0 radical (unpaired) electrons. The van der Waals surface area contributed by atoms with E-state index in [2.05, 4.69) is 35.4 Å². The highest BCUT2D eigenvalue weighted by Crippen LogP contribution is 2.25. The first kappa shape index (κ1) is 15.7. The van der Waals surface area contributed by atoms with E-state index in [4.69, 9.17) is 11.6 Å². The van der Waals surface area contributed by atoms with Gasteiger partial charge in [-0.3, -0.25) is 0 Å². The van der Waals surface area contributed by atoms with Gasteiger partial charge in [-0.2, -0.15) is 0 Å². The summed E-state index contributed by atoms with van der Waals surface area (Å²) in [4.78, 5) is 4.63. The molecule has 0 bridgehead atoms. The third-order valence-electron chi connectivity index (χ3n) is 4.93. The Hall–Kier alpha value is -1.84. The Morgan fingerprint density at radius 2 is 1.96 bits per heavy atom. The van der Waals surface area contributed by atoms with Crippen molar-refractivity contribution in [3.05, 3.63) is 70.1 Å². The van der Waals surface area contributed by atoms with Crippen LogP contribution in [0.4, 0.5) is 0 Å². The Kier molecular flexibility index (Phi) is 4.30. The second-order valence-electron chi connectivity index (χ2n) is 6.68. The Bertz CT molecular complexity index is 868. The number of hydrogen-bond acceptors (Lipinski definition) is 2. The fourth-order valence-corrected chi connectivity index (χ4v) is 3.67. The molecule has 0 saturated heterocycles. The number of aryl methyl sites for hydroxylation is 2. The molecule has 3 aromatic rings. The number of imidazole rings is 1. The highest BCUT2D eigenvalue weighted by molar-refractivity contribution is 6.30. The second-order valence-corrected chi connectivity index (χ2v) is 7.12. The molecular formula is C20H22ClN3. The molecule has 4 rings (SSSR count). The van der Waals surface area contributed by atoms with Crippen molar-refractivity contribution < 1.29 is 0 Å². The fourth-order valence-electron chi connectivity index (χ4n) is 3.50. The van der Waals surface area contributed by atoms with E-state index in [9.17, 15) is 0 Å². The van der Waals surface area contributed by atoms with Crippen LogP contribution in [0.25, 0.3) is 5.65 Å². The Morgan fingerprint density at radius 3 is 2.83 bits per heavy atom. The van der Waals surface area contributed by atoms with E-state index in [1.807, 2.05) is 28.9 Å². The number of pyridine rings is 1. The first-order valence-electron chi connectivity index (χ1n) is 8.67. The fraction of sp³-hybridized carbons (Fsp3) is 0.350. The molecule has 1 N–H and O–H groups in total. The molecule has 2 heterocycles. The summed E-state index contributed by atoms with van der Waals surface area (Å²) in [6.45, 7) is 2.97. The number of nitrogens with zero attached hydrogens (tertiary/aromatic N) is 2. The van der Waals surface area contributed by atoms with Gasteiger partial charge in [0, 0.05) is 25.0 Å². The van der Waals surface area contributed by atoms with Gasteiger partial charge >= 0.3 is 0 Å². The highest BCUT2D eigenvalue weighted by Gasteiger charge is 2.12. The molecule has 1 aliphatic carbocycles. The van der Waals surface area contributed by atoms with Gasteiger partial charge in [0.1, 0.15) is 5.65 Å². The van der Waals surface area contributed by atoms with Crippen LogP contribution in [-0.2, 0) is 19.4 Å². The lowest BCUT2D eigenvalue weighted by atomic mass is 9.89. The maximum Gasteiger partial charge on any atom is 0.137 e. The molecule has 0 saturated carbocycles. The summed E-state index contributed by atoms with van der Waals surface area (Å²) in [6.07, 6.45) is 9.04. The molecule has 2 aromatic heterocycles. The standard InChI is InChI=1S/C20H22ClN3/c1-14(16-7-6-15-4-2-3-5-17(15)10-16)22-11-19-13-24-12-18(21)8-9-20(24)23-19/h6-10,12-14,22H,2-5,11H2,1H3. The summed E-state index contributed by atoms with van der Waals surface area (Å²) in [5, 5.41) is 4.31. The molecule has 24 heavy (non-hydrogen) atoms. The second kappa shape index (κ2) is 6.58. The van der Waals surface area contributed by atoms with Gasteiger partial charge in [0.2, 0.25) is 0 Å². The Balaban J connectivity index is 1.46. The number of nitrogens with one attached hydrogen (secondary N) is 1. The number of aromatic nitrogens is 2. The van der Waals surface area contributed by atoms with Gasteiger partial charge in [0.25, 0.3) is 0 Å². The van der Waals surface area contributed by atoms with Crippen molar-refractivity contribution in [3.63, 3.8) is 0 Å². The molecule has 3 nitrogen and oxygen atoms in total. The zero-order valence-corrected chi connectivity index (χ0v) is 14.7. The number of halogens is 1. The van der Waals surface area contributed by atoms with Crippen LogP contribution in [-0.4, -0.2) is 9.38 Å². The van der Waals surface area contributed by atoms with Crippen molar-refractivity contribution >= 4 is 17.2 Å². The minimum absolute atomic E-state index is 0.311. The van der Waals surface area contributed by atoms with Gasteiger partial charge in [-0.1, -0.05) is 29.8 Å². The largest absolute Gasteiger partial charge is 0.305 e. The predicted octanol–water partition coefficient (Wildman–Crippen LogP) is 4.72. The minimum atomic E-state index is 0.311. The van der Waals surface area contributed by atoms with Gasteiger partial charge in [0.15, 0.2) is 0 Å². The molecule has 1 atom stereocenters. The van der Waals surface area contributed by atoms with Crippen molar-refractivity contribution in [1.82, 2.24) is 14.7 Å². The third kappa shape index (κ3) is 3.19. The summed E-state index contributed by atoms with van der Waals surface area (Å²) in [7, 11) is 0. The predicted molar refractivity (Wildman–Crippen MR) is 98.5 cm³/mol. The summed E-state index contributed by atoms with van der Waals surface area (Å²) in [5.74, 6) is 0. The van der Waals surface area contributed by atoms with Crippen LogP contribution >= 0.6 is 11.6 Å². The van der Waals surface area contributed by atoms with Crippen molar-refractivity contribution in [2.45, 2.75) is 45.2 Å². The lowest BCUT2D eigenvalue weighted by Crippen LogP contribution is -2.19. The van der Waals surface area contributed by atoms with Crippen LogP contribution in [0.15, 0.2) is 42.7 Å². The summed E-state index contributed by atoms with van der Waals surface area (Å²) in [6, 6.07) is 11.1. The third-order valence-corrected chi connectivity index (χ3v) is 5.15. The van der Waals surface area contributed by atoms with E-state index in [0.717, 1.165) is 22.9 Å². The van der Waals surface area contributed by atoms with Crippen LogP contribution in [0.3, 0.4) is 0 Å². The smallest absolute Gasteiger partial charge is 0.137 e. The first-order chi connectivity index (χ1) is 11.7. The summed E-state index contributed by atoms with van der Waals surface area (Å²) < 4.78 is 1.98. The first-order valence-corrected chi connectivity index (χ1v) is 9.05. The molecule has 0 aliphatic heterocycles. The Labute approximate surface area is 147 Å². The van der Waals surface area contributed by atoms with Crippen LogP contribution in [0.2, 0.25) is 5.02 Å². The normalized spacial score (nSPS) is 15.4. The van der Waals surface area contributed by atoms with Crippen LogP contribution in [0.5, 0.6) is 0 Å². The zero-order chi connectivity index (χ0) is 16.5. The molecular weight excluding hydrogens is 318 g/mol. The number of benzene rings is 1. The van der Waals surface area contributed by atoms with E-state index in [1.54, 1.807) is 0 Å². The molecule has 1 aromatic carbocycles. The lowest BCUT2D eigenvalue weighted by molar-refractivity contribution is 0.567. The van der Waals surface area contributed by atoms with E-state index in [1.165, 1.54) is 42.4 Å². The molecule has 0 amide bonds. The molecule has 1 aliphatic rings. The Morgan fingerprint density at radius 1 is 1.12 bits per heavy atom. The van der Waals surface area contributed by atoms with Gasteiger partial charge in [-0.15, -0.1) is 0 Å². The van der Waals surface area contributed by atoms with Crippen molar-refractivity contribution in [2.24, 2.45) is 0 Å². The highest BCUT2D eigenvalue weighted by atomic mass is 35.5. The monoisotopic (exact) mass is 339 g/mol. The molecule has 124 valence electrons. The van der Waals surface area contributed by atoms with Gasteiger partial charge in [-0.05, 0) is 61.4 Å². The maximum absolute atomic E-state index is 6.03. The molecule has 0 fully saturated rings. The summed E-state index contributed by atoms with van der Waals surface area (Å²) in [5.41, 5.74) is 6.39. The molecule has 0 spiro atoms. The van der Waals surface area contributed by atoms with Gasteiger partial charge in [0.05, 0.1) is 10.7 Å². The van der Waals surface area contributed by atoms with E-state index < -0.39 is 0 Å². The molecule has 1 unspecified atom stereocenters. The van der Waals surface area contributed by atoms with Gasteiger partial charge in [-0.25, -0.2) is 4.98 Å². The average molecular weight is 340 g/mol. The van der Waals surface area contributed by atoms with Crippen LogP contribution in [0.1, 0.15) is 48.2 Å². The summed E-state index contributed by atoms with van der Waals surface area (Å²) >= 11 is 6.03. The van der Waals surface area contributed by atoms with E-state index >= 15 is 0 Å². The zero-order valence-electron chi connectivity index (χ0n) is 13.9. The minimum Gasteiger partial charge on any atom is -0.305 e. The van der Waals surface area contributed by atoms with E-state index in [-0.39, 0.29) is 0 Å². The quantitative estimate of drug-likeness (QED) is 0.745. The van der Waals surface area contributed by atoms with Crippen molar-refractivity contribution in [3.8, 4) is 0 Å². The number of rotatable bonds is 4. The number of fused-ring (bicyclic) bond motifs is 2. The van der Waals surface area contributed by atoms with Crippen LogP contribution in [0, 0.1) is 0 Å².